The van der Waals surface area contributed by atoms with Gasteiger partial charge in [0.2, 0.25) is 10.4 Å². The smallest absolute Gasteiger partial charge is 0.228 e. The minimum atomic E-state index is -4.62. The van der Waals surface area contributed by atoms with Crippen molar-refractivity contribution < 1.29 is 16.6 Å². The molecule has 0 saturated heterocycles. The third kappa shape index (κ3) is 5.08. The minimum absolute atomic E-state index is 0.360. The van der Waals surface area contributed by atoms with Crippen molar-refractivity contribution in [2.75, 3.05) is 0 Å². The predicted molar refractivity (Wildman–Crippen MR) is 67.3 cm³/mol. The summed E-state index contributed by atoms with van der Waals surface area (Å²) in [6.45, 7) is 4.08. The SMILES string of the molecule is CCc1ccc(CC)c(CSOS(=O)(=O)[O-])c1. The van der Waals surface area contributed by atoms with E-state index in [0.717, 1.165) is 24.0 Å². The summed E-state index contributed by atoms with van der Waals surface area (Å²) < 4.78 is 35.0. The van der Waals surface area contributed by atoms with Crippen LogP contribution in [0.1, 0.15) is 30.5 Å². The lowest BCUT2D eigenvalue weighted by Gasteiger charge is -2.10. The first-order valence-electron chi connectivity index (χ1n) is 5.33. The van der Waals surface area contributed by atoms with Gasteiger partial charge in [0, 0.05) is 17.8 Å². The molecule has 0 aromatic heterocycles. The summed E-state index contributed by atoms with van der Waals surface area (Å²) in [5.74, 6) is 0.360. The van der Waals surface area contributed by atoms with Crippen LogP contribution in [0.5, 0.6) is 0 Å². The van der Waals surface area contributed by atoms with Crippen LogP contribution in [0.3, 0.4) is 0 Å². The molecule has 4 nitrogen and oxygen atoms in total. The van der Waals surface area contributed by atoms with Gasteiger partial charge in [-0.25, -0.2) is 12.0 Å². The normalized spacial score (nSPS) is 11.7. The molecule has 0 N–H and O–H groups in total. The van der Waals surface area contributed by atoms with Crippen LogP contribution in [-0.4, -0.2) is 13.0 Å². The number of hydrogen-bond donors (Lipinski definition) is 0. The highest BCUT2D eigenvalue weighted by molar-refractivity contribution is 8.02. The Hall–Kier alpha value is -0.560. The third-order valence-corrected chi connectivity index (χ3v) is 3.89. The zero-order valence-corrected chi connectivity index (χ0v) is 11.4. The number of aryl methyl sites for hydroxylation is 2. The third-order valence-electron chi connectivity index (χ3n) is 2.41. The van der Waals surface area contributed by atoms with Gasteiger partial charge in [-0.2, -0.15) is 0 Å². The number of hydrogen-bond acceptors (Lipinski definition) is 5. The van der Waals surface area contributed by atoms with Crippen molar-refractivity contribution in [2.24, 2.45) is 0 Å². The second-order valence-electron chi connectivity index (χ2n) is 3.55. The molecule has 0 saturated carbocycles. The van der Waals surface area contributed by atoms with E-state index in [0.29, 0.717) is 17.8 Å². The summed E-state index contributed by atoms with van der Waals surface area (Å²) >= 11 is 0.662. The molecule has 6 heteroatoms. The van der Waals surface area contributed by atoms with E-state index in [1.165, 1.54) is 5.56 Å². The highest BCUT2D eigenvalue weighted by Gasteiger charge is 2.04. The lowest BCUT2D eigenvalue weighted by molar-refractivity contribution is 0.391. The fraction of sp³-hybridized carbons (Fsp3) is 0.455. The molecule has 0 aliphatic carbocycles. The zero-order chi connectivity index (χ0) is 12.9. The maximum absolute atomic E-state index is 10.3. The second kappa shape index (κ2) is 6.39. The van der Waals surface area contributed by atoms with Gasteiger partial charge in [0.25, 0.3) is 0 Å². The van der Waals surface area contributed by atoms with Crippen molar-refractivity contribution in [1.29, 1.82) is 0 Å². The molecule has 1 aromatic carbocycles. The van der Waals surface area contributed by atoms with Gasteiger partial charge in [-0.05, 0) is 29.5 Å². The molecule has 1 rings (SSSR count). The van der Waals surface area contributed by atoms with Crippen molar-refractivity contribution >= 4 is 22.4 Å². The van der Waals surface area contributed by atoms with Crippen molar-refractivity contribution in [2.45, 2.75) is 32.4 Å². The van der Waals surface area contributed by atoms with Crippen LogP contribution in [0.2, 0.25) is 0 Å². The molecule has 17 heavy (non-hydrogen) atoms. The maximum Gasteiger partial charge on any atom is 0.228 e. The van der Waals surface area contributed by atoms with Crippen molar-refractivity contribution in [3.05, 3.63) is 34.9 Å². The van der Waals surface area contributed by atoms with E-state index in [1.807, 2.05) is 19.1 Å². The van der Waals surface area contributed by atoms with Crippen LogP contribution in [-0.2, 0) is 32.6 Å². The molecular formula is C11H15O4S2-. The van der Waals surface area contributed by atoms with Crippen LogP contribution in [0.15, 0.2) is 18.2 Å². The Morgan fingerprint density at radius 2 is 1.94 bits per heavy atom. The fourth-order valence-electron chi connectivity index (χ4n) is 1.52. The molecule has 1 aromatic rings. The Kier molecular flexibility index (Phi) is 5.45. The van der Waals surface area contributed by atoms with Gasteiger partial charge in [-0.15, -0.1) is 0 Å². The van der Waals surface area contributed by atoms with E-state index in [4.69, 9.17) is 0 Å². The molecule has 0 aliphatic rings. The predicted octanol–water partition coefficient (Wildman–Crippen LogP) is 2.44. The highest BCUT2D eigenvalue weighted by atomic mass is 32.3. The van der Waals surface area contributed by atoms with Gasteiger partial charge in [0.1, 0.15) is 0 Å². The summed E-state index contributed by atoms with van der Waals surface area (Å²) in [7, 11) is -4.62. The fourth-order valence-corrected chi connectivity index (χ4v) is 2.58. The molecule has 0 unspecified atom stereocenters. The minimum Gasteiger partial charge on any atom is -0.725 e. The van der Waals surface area contributed by atoms with Crippen LogP contribution >= 0.6 is 12.0 Å². The summed E-state index contributed by atoms with van der Waals surface area (Å²) in [4.78, 5) is 0. The molecule has 0 fully saturated rings. The van der Waals surface area contributed by atoms with Gasteiger partial charge in [0.05, 0.1) is 0 Å². The Morgan fingerprint density at radius 3 is 2.47 bits per heavy atom. The zero-order valence-electron chi connectivity index (χ0n) is 9.80. The Bertz CT molecular complexity index is 468. The van der Waals surface area contributed by atoms with Gasteiger partial charge >= 0.3 is 0 Å². The quantitative estimate of drug-likeness (QED) is 0.453. The summed E-state index contributed by atoms with van der Waals surface area (Å²) in [5, 5.41) is 0. The first kappa shape index (κ1) is 14.5. The number of benzene rings is 1. The molecular weight excluding hydrogens is 260 g/mol. The van der Waals surface area contributed by atoms with Crippen molar-refractivity contribution in [3.63, 3.8) is 0 Å². The topological polar surface area (TPSA) is 66.4 Å². The van der Waals surface area contributed by atoms with Gasteiger partial charge < -0.3 is 4.55 Å². The molecule has 0 aliphatic heterocycles. The molecule has 0 radical (unpaired) electrons. The summed E-state index contributed by atoms with van der Waals surface area (Å²) in [5.41, 5.74) is 3.34. The molecule has 0 amide bonds. The maximum atomic E-state index is 10.3. The van der Waals surface area contributed by atoms with Crippen molar-refractivity contribution in [1.82, 2.24) is 0 Å². The summed E-state index contributed by atoms with van der Waals surface area (Å²) in [6, 6.07) is 6.10. The Morgan fingerprint density at radius 1 is 1.24 bits per heavy atom. The average molecular weight is 275 g/mol. The van der Waals surface area contributed by atoms with Crippen LogP contribution in [0.25, 0.3) is 0 Å². The Balaban J connectivity index is 2.74. The lowest BCUT2D eigenvalue weighted by atomic mass is 10.0. The monoisotopic (exact) mass is 275 g/mol. The van der Waals surface area contributed by atoms with Crippen LogP contribution < -0.4 is 0 Å². The van der Waals surface area contributed by atoms with E-state index >= 15 is 0 Å². The van der Waals surface area contributed by atoms with Gasteiger partial charge in [-0.3, -0.25) is 0 Å². The molecule has 0 heterocycles. The average Bonchev–Trinajstić information content (AvgIpc) is 2.27. The molecule has 0 bridgehead atoms. The van der Waals surface area contributed by atoms with E-state index < -0.39 is 10.4 Å². The lowest BCUT2D eigenvalue weighted by Crippen LogP contribution is -1.99. The highest BCUT2D eigenvalue weighted by Crippen LogP contribution is 2.21. The molecule has 96 valence electrons. The van der Waals surface area contributed by atoms with Crippen LogP contribution in [0.4, 0.5) is 0 Å². The van der Waals surface area contributed by atoms with E-state index in [1.54, 1.807) is 0 Å². The first-order chi connectivity index (χ1) is 7.96. The van der Waals surface area contributed by atoms with Gasteiger partial charge in [-0.1, -0.05) is 32.0 Å². The van der Waals surface area contributed by atoms with E-state index in [2.05, 4.69) is 16.6 Å². The van der Waals surface area contributed by atoms with E-state index in [9.17, 15) is 13.0 Å². The van der Waals surface area contributed by atoms with Gasteiger partial charge in [0.15, 0.2) is 0 Å². The van der Waals surface area contributed by atoms with Crippen molar-refractivity contribution in [3.8, 4) is 0 Å². The first-order valence-corrected chi connectivity index (χ1v) is 7.58. The largest absolute Gasteiger partial charge is 0.725 e. The number of rotatable bonds is 6. The standard InChI is InChI=1S/C11H16O4S2/c1-3-9-5-6-10(4-2)11(7-9)8-16-15-17(12,13)14/h5-7H,3-4,8H2,1-2H3,(H,12,13,14)/p-1. The molecule has 0 atom stereocenters. The Labute approximate surface area is 107 Å². The van der Waals surface area contributed by atoms with Crippen LogP contribution in [0, 0.1) is 0 Å². The second-order valence-corrected chi connectivity index (χ2v) is 5.43. The van der Waals surface area contributed by atoms with E-state index in [-0.39, 0.29) is 0 Å². The molecule has 0 spiro atoms. The summed E-state index contributed by atoms with van der Waals surface area (Å²) in [6.07, 6.45) is 1.78.